The first-order valence-corrected chi connectivity index (χ1v) is 9.92. The van der Waals surface area contributed by atoms with Crippen LogP contribution in [0.25, 0.3) is 0 Å². The van der Waals surface area contributed by atoms with E-state index in [-0.39, 0.29) is 11.9 Å². The Morgan fingerprint density at radius 3 is 2.37 bits per heavy atom. The molecule has 2 aliphatic rings. The molecule has 2 aromatic rings. The van der Waals surface area contributed by atoms with Crippen LogP contribution in [0.1, 0.15) is 37.7 Å². The Labute approximate surface area is 171 Å². The van der Waals surface area contributed by atoms with Crippen LogP contribution in [0.15, 0.2) is 29.6 Å². The third-order valence-electron chi connectivity index (χ3n) is 5.96. The number of hydrogen-bond donors (Lipinski definition) is 1. The predicted molar refractivity (Wildman–Crippen MR) is 101 cm³/mol. The van der Waals surface area contributed by atoms with Crippen molar-refractivity contribution in [2.24, 2.45) is 17.0 Å². The van der Waals surface area contributed by atoms with E-state index in [1.165, 1.54) is 37.6 Å². The third kappa shape index (κ3) is 3.93. The molecule has 0 bridgehead atoms. The Hall–Kier alpha value is -2.84. The summed E-state index contributed by atoms with van der Waals surface area (Å²) in [5, 5.41) is 13.0. The highest BCUT2D eigenvalue weighted by Gasteiger charge is 2.33. The molecule has 1 aliphatic heterocycles. The quantitative estimate of drug-likeness (QED) is 0.187. The van der Waals surface area contributed by atoms with E-state index in [4.69, 9.17) is 4.74 Å². The molecule has 1 saturated heterocycles. The van der Waals surface area contributed by atoms with Crippen molar-refractivity contribution >= 4 is 5.84 Å². The second-order valence-corrected chi connectivity index (χ2v) is 7.75. The van der Waals surface area contributed by atoms with E-state index in [1.807, 2.05) is 4.90 Å². The van der Waals surface area contributed by atoms with Gasteiger partial charge in [0, 0.05) is 37.0 Å². The number of piperidine rings is 1. The highest BCUT2D eigenvalue weighted by atomic mass is 19.2. The van der Waals surface area contributed by atoms with Gasteiger partial charge in [0.1, 0.15) is 0 Å². The summed E-state index contributed by atoms with van der Waals surface area (Å²) < 4.78 is 59.1. The standard InChI is InChI=1S/C21H21F4N3O2/c22-15-9-16(23)19(25)20(18(15)24)30-17-6-5-13(10-26-17)21(27-29)28-8-7-12-3-1-2-4-14(12)11-28/h5-6,9-10,12,14,29H,1-4,7-8,11H2/b27-21-. The average molecular weight is 423 g/mol. The van der Waals surface area contributed by atoms with Crippen LogP contribution in [-0.4, -0.2) is 34.0 Å². The maximum absolute atomic E-state index is 13.8. The van der Waals surface area contributed by atoms with Gasteiger partial charge in [-0.2, -0.15) is 8.78 Å². The Morgan fingerprint density at radius 1 is 1.03 bits per heavy atom. The fraction of sp³-hybridized carbons (Fsp3) is 0.429. The van der Waals surface area contributed by atoms with E-state index in [1.54, 1.807) is 0 Å². The van der Waals surface area contributed by atoms with Crippen molar-refractivity contribution in [1.29, 1.82) is 0 Å². The van der Waals surface area contributed by atoms with E-state index in [9.17, 15) is 22.8 Å². The van der Waals surface area contributed by atoms with Gasteiger partial charge in [-0.1, -0.05) is 24.4 Å². The minimum Gasteiger partial charge on any atom is -0.433 e. The zero-order chi connectivity index (χ0) is 21.3. The molecular weight excluding hydrogens is 402 g/mol. The number of benzene rings is 1. The van der Waals surface area contributed by atoms with Crippen LogP contribution in [0, 0.1) is 35.1 Å². The number of amidine groups is 1. The molecule has 2 fully saturated rings. The number of aromatic nitrogens is 1. The normalized spacial score (nSPS) is 22.0. The van der Waals surface area contributed by atoms with Crippen molar-refractivity contribution < 1.29 is 27.5 Å². The van der Waals surface area contributed by atoms with Crippen LogP contribution in [0.2, 0.25) is 0 Å². The molecule has 9 heteroatoms. The predicted octanol–water partition coefficient (Wildman–Crippen LogP) is 5.08. The number of rotatable bonds is 3. The summed E-state index contributed by atoms with van der Waals surface area (Å²) in [4.78, 5) is 5.95. The van der Waals surface area contributed by atoms with E-state index in [2.05, 4.69) is 10.1 Å². The zero-order valence-corrected chi connectivity index (χ0v) is 16.1. The topological polar surface area (TPSA) is 58.0 Å². The maximum atomic E-state index is 13.8. The molecule has 2 unspecified atom stereocenters. The smallest absolute Gasteiger partial charge is 0.219 e. The highest BCUT2D eigenvalue weighted by Crippen LogP contribution is 2.36. The number of hydrogen-bond acceptors (Lipinski definition) is 4. The fourth-order valence-electron chi connectivity index (χ4n) is 4.42. The van der Waals surface area contributed by atoms with Gasteiger partial charge in [-0.25, -0.2) is 13.8 Å². The molecule has 1 aromatic heterocycles. The monoisotopic (exact) mass is 423 g/mol. The zero-order valence-electron chi connectivity index (χ0n) is 16.1. The minimum absolute atomic E-state index is 0.105. The van der Waals surface area contributed by atoms with Crippen molar-refractivity contribution in [3.63, 3.8) is 0 Å². The van der Waals surface area contributed by atoms with Crippen LogP contribution < -0.4 is 4.74 Å². The summed E-state index contributed by atoms with van der Waals surface area (Å²) in [7, 11) is 0. The van der Waals surface area contributed by atoms with Gasteiger partial charge in [0.2, 0.25) is 23.3 Å². The van der Waals surface area contributed by atoms with Crippen molar-refractivity contribution in [3.8, 4) is 11.6 Å². The first-order chi connectivity index (χ1) is 14.5. The summed E-state index contributed by atoms with van der Waals surface area (Å²) in [6.07, 6.45) is 7.23. The molecular formula is C21H21F4N3O2. The van der Waals surface area contributed by atoms with Gasteiger partial charge in [-0.05, 0) is 30.7 Å². The summed E-state index contributed by atoms with van der Waals surface area (Å²) >= 11 is 0. The van der Waals surface area contributed by atoms with E-state index >= 15 is 0 Å². The van der Waals surface area contributed by atoms with Gasteiger partial charge < -0.3 is 14.8 Å². The Bertz CT molecular complexity index is 926. The summed E-state index contributed by atoms with van der Waals surface area (Å²) in [6, 6.07) is 2.90. The molecule has 160 valence electrons. The highest BCUT2D eigenvalue weighted by molar-refractivity contribution is 5.98. The van der Waals surface area contributed by atoms with Gasteiger partial charge in [-0.15, -0.1) is 0 Å². The lowest BCUT2D eigenvalue weighted by Gasteiger charge is -2.42. The third-order valence-corrected chi connectivity index (χ3v) is 5.96. The molecule has 5 nitrogen and oxygen atoms in total. The number of likely N-dealkylation sites (tertiary alicyclic amines) is 1. The van der Waals surface area contributed by atoms with Gasteiger partial charge in [-0.3, -0.25) is 0 Å². The molecule has 1 aromatic carbocycles. The van der Waals surface area contributed by atoms with Crippen molar-refractivity contribution in [2.75, 3.05) is 13.1 Å². The number of halogens is 4. The van der Waals surface area contributed by atoms with Gasteiger partial charge >= 0.3 is 0 Å². The number of fused-ring (bicyclic) bond motifs is 1. The molecule has 4 rings (SSSR count). The van der Waals surface area contributed by atoms with E-state index < -0.39 is 29.0 Å². The fourth-order valence-corrected chi connectivity index (χ4v) is 4.42. The van der Waals surface area contributed by atoms with Crippen LogP contribution in [0.4, 0.5) is 17.6 Å². The molecule has 0 amide bonds. The lowest BCUT2D eigenvalue weighted by atomic mass is 9.75. The second-order valence-electron chi connectivity index (χ2n) is 7.75. The minimum atomic E-state index is -1.65. The second kappa shape index (κ2) is 8.49. The van der Waals surface area contributed by atoms with Crippen LogP contribution in [-0.2, 0) is 0 Å². The molecule has 0 spiro atoms. The Balaban J connectivity index is 1.50. The van der Waals surface area contributed by atoms with Gasteiger partial charge in [0.05, 0.1) is 0 Å². The summed E-state index contributed by atoms with van der Waals surface area (Å²) in [6.45, 7) is 1.55. The number of nitrogens with zero attached hydrogens (tertiary/aromatic N) is 3. The number of oxime groups is 1. The van der Waals surface area contributed by atoms with Gasteiger partial charge in [0.25, 0.3) is 0 Å². The molecule has 1 aliphatic carbocycles. The van der Waals surface area contributed by atoms with Crippen molar-refractivity contribution in [2.45, 2.75) is 32.1 Å². The summed E-state index contributed by atoms with van der Waals surface area (Å²) in [5.41, 5.74) is 0.491. The van der Waals surface area contributed by atoms with Crippen LogP contribution >= 0.6 is 0 Å². The Morgan fingerprint density at radius 2 is 1.73 bits per heavy atom. The van der Waals surface area contributed by atoms with E-state index in [0.717, 1.165) is 25.9 Å². The first kappa shape index (κ1) is 20.4. The van der Waals surface area contributed by atoms with Crippen molar-refractivity contribution in [3.05, 3.63) is 53.2 Å². The van der Waals surface area contributed by atoms with E-state index in [0.29, 0.717) is 23.2 Å². The van der Waals surface area contributed by atoms with Crippen LogP contribution in [0.3, 0.4) is 0 Å². The molecule has 2 heterocycles. The lowest BCUT2D eigenvalue weighted by molar-refractivity contribution is 0.127. The summed E-state index contributed by atoms with van der Waals surface area (Å²) in [5.74, 6) is -6.27. The average Bonchev–Trinajstić information content (AvgIpc) is 2.77. The molecule has 1 saturated carbocycles. The largest absolute Gasteiger partial charge is 0.433 e. The van der Waals surface area contributed by atoms with Gasteiger partial charge in [0.15, 0.2) is 17.5 Å². The molecule has 1 N–H and O–H groups in total. The molecule has 30 heavy (non-hydrogen) atoms. The van der Waals surface area contributed by atoms with Crippen LogP contribution in [0.5, 0.6) is 11.6 Å². The van der Waals surface area contributed by atoms with Crippen molar-refractivity contribution in [1.82, 2.24) is 9.88 Å². The molecule has 0 radical (unpaired) electrons. The number of ether oxygens (including phenoxy) is 1. The molecule has 2 atom stereocenters. The first-order valence-electron chi connectivity index (χ1n) is 9.92. The SMILES string of the molecule is O/N=C(/c1ccc(Oc2c(F)c(F)cc(F)c2F)nc1)N1CCC2CCCCC2C1. The lowest BCUT2D eigenvalue weighted by Crippen LogP contribution is -2.45. The Kier molecular flexibility index (Phi) is 5.78. The number of pyridine rings is 1. The maximum Gasteiger partial charge on any atom is 0.219 e.